The smallest absolute Gasteiger partial charge is 0.188 e. The van der Waals surface area contributed by atoms with Gasteiger partial charge in [0.05, 0.1) is 11.2 Å². The third-order valence-corrected chi connectivity index (χ3v) is 10.2. The molecule has 0 saturated heterocycles. The van der Waals surface area contributed by atoms with Crippen molar-refractivity contribution >= 4 is 5.96 Å². The van der Waals surface area contributed by atoms with E-state index in [1.54, 1.807) is 7.05 Å². The van der Waals surface area contributed by atoms with E-state index < -0.39 is 11.2 Å². The molecule has 0 radical (unpaired) electrons. The minimum atomic E-state index is -0.746. The van der Waals surface area contributed by atoms with Crippen molar-refractivity contribution in [3.8, 4) is 0 Å². The Kier molecular flexibility index (Phi) is 8.10. The standard InChI is InChI=1S/C28H49N3O2/c1-20(21-9-5-3-6-10-21)22-13-16-28(33,23-11-7-4-8-12-23)24-14-15-27(32,25(24)19-22)17-18-31-26(29)30-2/h21-25,32-33H,1,3-19H2,2H3,(H3,29,30,31)/t22-,24-,25-,27+,28-/m0/s1. The number of hydrogen-bond acceptors (Lipinski definition) is 3. The summed E-state index contributed by atoms with van der Waals surface area (Å²) in [5.41, 5.74) is 5.90. The first-order chi connectivity index (χ1) is 15.9. The average molecular weight is 460 g/mol. The molecule has 33 heavy (non-hydrogen) atoms. The molecule has 0 aliphatic heterocycles. The maximum atomic E-state index is 12.3. The SMILES string of the molecule is C=C(C1CCCCC1)[C@H]1CC[C@](O)(C2CCCCC2)[C@H]2CC[C@@](O)(CCNC(N)=NC)[C@H]2C1. The van der Waals surface area contributed by atoms with Crippen molar-refractivity contribution in [2.75, 3.05) is 13.6 Å². The Balaban J connectivity index is 1.57. The Morgan fingerprint density at radius 1 is 0.909 bits per heavy atom. The number of aliphatic imine (C=N–C) groups is 1. The highest BCUT2D eigenvalue weighted by Gasteiger charge is 2.58. The van der Waals surface area contributed by atoms with Crippen LogP contribution in [-0.4, -0.2) is 41.0 Å². The molecule has 5 nitrogen and oxygen atoms in total. The van der Waals surface area contributed by atoms with Crippen molar-refractivity contribution in [3.05, 3.63) is 12.2 Å². The van der Waals surface area contributed by atoms with Crippen molar-refractivity contribution in [3.63, 3.8) is 0 Å². The fourth-order valence-corrected chi connectivity index (χ4v) is 8.21. The number of aliphatic hydroxyl groups is 2. The third-order valence-electron chi connectivity index (χ3n) is 10.2. The van der Waals surface area contributed by atoms with Gasteiger partial charge in [-0.25, -0.2) is 0 Å². The molecule has 0 aromatic carbocycles. The predicted octanol–water partition coefficient (Wildman–Crippen LogP) is 4.92. The molecule has 0 aromatic heterocycles. The van der Waals surface area contributed by atoms with Crippen LogP contribution in [0.15, 0.2) is 17.1 Å². The van der Waals surface area contributed by atoms with Gasteiger partial charge in [-0.2, -0.15) is 0 Å². The van der Waals surface area contributed by atoms with E-state index in [2.05, 4.69) is 16.9 Å². The molecule has 5 N–H and O–H groups in total. The van der Waals surface area contributed by atoms with Gasteiger partial charge < -0.3 is 21.3 Å². The zero-order chi connectivity index (χ0) is 23.5. The van der Waals surface area contributed by atoms with Gasteiger partial charge in [0.25, 0.3) is 0 Å². The third kappa shape index (κ3) is 5.29. The van der Waals surface area contributed by atoms with Gasteiger partial charge in [0, 0.05) is 13.6 Å². The van der Waals surface area contributed by atoms with Crippen LogP contribution in [0.5, 0.6) is 0 Å². The van der Waals surface area contributed by atoms with E-state index >= 15 is 0 Å². The van der Waals surface area contributed by atoms with Crippen molar-refractivity contribution in [1.29, 1.82) is 0 Å². The number of nitrogens with one attached hydrogen (secondary N) is 1. The highest BCUT2D eigenvalue weighted by Crippen LogP contribution is 2.58. The maximum Gasteiger partial charge on any atom is 0.188 e. The van der Waals surface area contributed by atoms with Gasteiger partial charge in [0.15, 0.2) is 5.96 Å². The molecule has 4 fully saturated rings. The first-order valence-corrected chi connectivity index (χ1v) is 14.0. The summed E-state index contributed by atoms with van der Waals surface area (Å²) in [5.74, 6) is 2.23. The van der Waals surface area contributed by atoms with E-state index in [4.69, 9.17) is 5.73 Å². The zero-order valence-electron chi connectivity index (χ0n) is 21.0. The van der Waals surface area contributed by atoms with Crippen molar-refractivity contribution in [2.24, 2.45) is 40.3 Å². The van der Waals surface area contributed by atoms with Crippen LogP contribution < -0.4 is 11.1 Å². The number of fused-ring (bicyclic) bond motifs is 1. The van der Waals surface area contributed by atoms with Crippen LogP contribution in [0.4, 0.5) is 0 Å². The maximum absolute atomic E-state index is 12.3. The topological polar surface area (TPSA) is 90.9 Å². The van der Waals surface area contributed by atoms with Crippen LogP contribution in [0.2, 0.25) is 0 Å². The molecule has 0 spiro atoms. The summed E-state index contributed by atoms with van der Waals surface area (Å²) in [6.45, 7) is 5.28. The van der Waals surface area contributed by atoms with Gasteiger partial charge in [-0.3, -0.25) is 4.99 Å². The molecular weight excluding hydrogens is 410 g/mol. The molecule has 5 atom stereocenters. The van der Waals surface area contributed by atoms with Crippen LogP contribution in [0, 0.1) is 29.6 Å². The number of nitrogens with two attached hydrogens (primary N) is 1. The molecule has 0 heterocycles. The second-order valence-corrected chi connectivity index (χ2v) is 11.8. The Hall–Kier alpha value is -1.07. The number of hydrogen-bond donors (Lipinski definition) is 4. The van der Waals surface area contributed by atoms with Crippen LogP contribution in [-0.2, 0) is 0 Å². The van der Waals surface area contributed by atoms with Crippen molar-refractivity contribution in [2.45, 2.75) is 114 Å². The molecule has 4 rings (SSSR count). The first-order valence-electron chi connectivity index (χ1n) is 14.0. The molecule has 0 bridgehead atoms. The van der Waals surface area contributed by atoms with E-state index in [0.717, 1.165) is 44.9 Å². The second kappa shape index (κ2) is 10.7. The summed E-state index contributed by atoms with van der Waals surface area (Å²) >= 11 is 0. The summed E-state index contributed by atoms with van der Waals surface area (Å²) in [4.78, 5) is 3.99. The lowest BCUT2D eigenvalue weighted by atomic mass is 9.65. The summed E-state index contributed by atoms with van der Waals surface area (Å²) in [5, 5.41) is 27.5. The van der Waals surface area contributed by atoms with Gasteiger partial charge in [-0.1, -0.05) is 50.7 Å². The zero-order valence-corrected chi connectivity index (χ0v) is 21.0. The number of nitrogens with zero attached hydrogens (tertiary/aromatic N) is 1. The predicted molar refractivity (Wildman–Crippen MR) is 136 cm³/mol. The molecule has 188 valence electrons. The van der Waals surface area contributed by atoms with Crippen LogP contribution in [0.3, 0.4) is 0 Å². The molecule has 4 aliphatic carbocycles. The van der Waals surface area contributed by atoms with Gasteiger partial charge in [0.1, 0.15) is 0 Å². The minimum absolute atomic E-state index is 0.138. The van der Waals surface area contributed by atoms with Crippen LogP contribution in [0.25, 0.3) is 0 Å². The van der Waals surface area contributed by atoms with Gasteiger partial charge in [-0.15, -0.1) is 0 Å². The first kappa shape index (κ1) is 25.0. The minimum Gasteiger partial charge on any atom is -0.390 e. The van der Waals surface area contributed by atoms with Crippen LogP contribution in [0.1, 0.15) is 103 Å². The molecule has 4 aliphatic rings. The van der Waals surface area contributed by atoms with E-state index in [-0.39, 0.29) is 11.8 Å². The Morgan fingerprint density at radius 2 is 1.58 bits per heavy atom. The Bertz CT molecular complexity index is 697. The highest BCUT2D eigenvalue weighted by atomic mass is 16.3. The fourth-order valence-electron chi connectivity index (χ4n) is 8.21. The normalized spacial score (nSPS) is 39.1. The largest absolute Gasteiger partial charge is 0.390 e. The highest BCUT2D eigenvalue weighted by molar-refractivity contribution is 5.77. The van der Waals surface area contributed by atoms with Crippen LogP contribution >= 0.6 is 0 Å². The quantitative estimate of drug-likeness (QED) is 0.258. The molecule has 0 aromatic rings. The number of guanidine groups is 1. The lowest BCUT2D eigenvalue weighted by molar-refractivity contribution is -0.113. The van der Waals surface area contributed by atoms with Crippen molar-refractivity contribution < 1.29 is 10.2 Å². The van der Waals surface area contributed by atoms with E-state index in [0.29, 0.717) is 36.7 Å². The van der Waals surface area contributed by atoms with E-state index in [1.165, 1.54) is 56.9 Å². The molecule has 0 unspecified atom stereocenters. The molecular formula is C28H49N3O2. The summed E-state index contributed by atoms with van der Waals surface area (Å²) in [7, 11) is 1.68. The fraction of sp³-hybridized carbons (Fsp3) is 0.893. The Morgan fingerprint density at radius 3 is 2.24 bits per heavy atom. The lowest BCUT2D eigenvalue weighted by Gasteiger charge is -2.45. The van der Waals surface area contributed by atoms with Gasteiger partial charge >= 0.3 is 0 Å². The number of allylic oxidation sites excluding steroid dienone is 1. The van der Waals surface area contributed by atoms with E-state index in [1.807, 2.05) is 0 Å². The molecule has 0 amide bonds. The lowest BCUT2D eigenvalue weighted by Crippen LogP contribution is -2.49. The van der Waals surface area contributed by atoms with E-state index in [9.17, 15) is 10.2 Å². The summed E-state index contributed by atoms with van der Waals surface area (Å²) in [6, 6.07) is 0. The van der Waals surface area contributed by atoms with Gasteiger partial charge in [0.2, 0.25) is 0 Å². The van der Waals surface area contributed by atoms with Gasteiger partial charge in [-0.05, 0) is 93.8 Å². The molecule has 4 saturated carbocycles. The Labute approximate surface area is 201 Å². The monoisotopic (exact) mass is 459 g/mol. The molecule has 5 heteroatoms. The number of rotatable bonds is 6. The average Bonchev–Trinajstić information content (AvgIpc) is 3.08. The summed E-state index contributed by atoms with van der Waals surface area (Å²) < 4.78 is 0. The summed E-state index contributed by atoms with van der Waals surface area (Å²) in [6.07, 6.45) is 18.0. The van der Waals surface area contributed by atoms with Crippen molar-refractivity contribution in [1.82, 2.24) is 5.32 Å². The second-order valence-electron chi connectivity index (χ2n) is 11.8.